The Morgan fingerprint density at radius 1 is 0.353 bits per heavy atom. The molecule has 4 nitrogen and oxygen atoms in total. The number of hydrogen-bond donors (Lipinski definition) is 0. The zero-order valence-electron chi connectivity index (χ0n) is 10.8. The molecule has 0 unspecified atom stereocenters. The molecule has 0 spiro atoms. The van der Waals surface area contributed by atoms with Gasteiger partial charge >= 0.3 is 0 Å². The highest BCUT2D eigenvalue weighted by Crippen LogP contribution is 2.02. The Balaban J connectivity index is 0.000000128. The van der Waals surface area contributed by atoms with Gasteiger partial charge in [-0.3, -0.25) is 0 Å². The first kappa shape index (κ1) is 14.9. The molecule has 102 valence electrons. The number of rotatable bonds is 0. The topological polar surface area (TPSA) is 36.9 Å². The van der Waals surface area contributed by atoms with Gasteiger partial charge in [0.2, 0.25) is 0 Å². The van der Waals surface area contributed by atoms with Crippen LogP contribution >= 0.6 is 0 Å². The molecule has 0 aromatic carbocycles. The molecule has 3 fully saturated rings. The summed E-state index contributed by atoms with van der Waals surface area (Å²) in [4.78, 5) is 0. The van der Waals surface area contributed by atoms with E-state index in [1.165, 1.54) is 38.5 Å². The Labute approximate surface area is 105 Å². The molecule has 3 aliphatic heterocycles. The summed E-state index contributed by atoms with van der Waals surface area (Å²) >= 11 is 0. The third kappa shape index (κ3) is 10.7. The summed E-state index contributed by atoms with van der Waals surface area (Å²) in [6, 6.07) is 0. The van der Waals surface area contributed by atoms with Crippen LogP contribution in [0.1, 0.15) is 38.5 Å². The third-order valence-electron chi connectivity index (χ3n) is 2.69. The van der Waals surface area contributed by atoms with Crippen LogP contribution in [-0.2, 0) is 18.9 Å². The lowest BCUT2D eigenvalue weighted by atomic mass is 10.2. The van der Waals surface area contributed by atoms with E-state index in [0.29, 0.717) is 6.79 Å². The Bertz CT molecular complexity index is 97.7. The van der Waals surface area contributed by atoms with E-state index in [2.05, 4.69) is 0 Å². The summed E-state index contributed by atoms with van der Waals surface area (Å²) in [7, 11) is 0. The lowest BCUT2D eigenvalue weighted by Crippen LogP contribution is -2.03. The zero-order chi connectivity index (χ0) is 12.0. The zero-order valence-corrected chi connectivity index (χ0v) is 10.8. The standard InChI is InChI=1S/2C5H10O.C3H6O2/c2*1-2-4-6-5-3-1;1-2-5-3-4-1/h2*1-5H2;1-3H2. The maximum Gasteiger partial charge on any atom is 0.146 e. The van der Waals surface area contributed by atoms with Crippen LogP contribution in [0.5, 0.6) is 0 Å². The van der Waals surface area contributed by atoms with Gasteiger partial charge in [-0.15, -0.1) is 0 Å². The average molecular weight is 246 g/mol. The van der Waals surface area contributed by atoms with Crippen LogP contribution in [0.15, 0.2) is 0 Å². The highest BCUT2D eigenvalue weighted by atomic mass is 16.7. The van der Waals surface area contributed by atoms with Crippen molar-refractivity contribution in [3.63, 3.8) is 0 Å². The first-order chi connectivity index (χ1) is 8.50. The van der Waals surface area contributed by atoms with Gasteiger partial charge in [0.25, 0.3) is 0 Å². The van der Waals surface area contributed by atoms with Gasteiger partial charge in [0.15, 0.2) is 0 Å². The minimum atomic E-state index is 0.500. The fourth-order valence-electron chi connectivity index (χ4n) is 1.67. The molecule has 0 aliphatic carbocycles. The minimum absolute atomic E-state index is 0.500. The van der Waals surface area contributed by atoms with Crippen LogP contribution < -0.4 is 0 Å². The second-order valence-corrected chi connectivity index (χ2v) is 4.28. The third-order valence-corrected chi connectivity index (χ3v) is 2.69. The van der Waals surface area contributed by atoms with Gasteiger partial charge in [-0.05, 0) is 38.5 Å². The van der Waals surface area contributed by atoms with Gasteiger partial charge in [0, 0.05) is 26.4 Å². The second-order valence-electron chi connectivity index (χ2n) is 4.28. The molecular formula is C13H26O4. The average Bonchev–Trinajstić information content (AvgIpc) is 3.03. The van der Waals surface area contributed by atoms with Crippen molar-refractivity contribution in [2.75, 3.05) is 46.4 Å². The smallest absolute Gasteiger partial charge is 0.146 e. The molecule has 3 saturated heterocycles. The fraction of sp³-hybridized carbons (Fsp3) is 1.00. The SMILES string of the molecule is C1CCOCC1.C1CCOCC1.C1COCO1. The predicted molar refractivity (Wildman–Crippen MR) is 66.1 cm³/mol. The summed E-state index contributed by atoms with van der Waals surface area (Å²) in [6.07, 6.45) is 7.86. The van der Waals surface area contributed by atoms with Crippen molar-refractivity contribution in [1.29, 1.82) is 0 Å². The molecule has 0 N–H and O–H groups in total. The van der Waals surface area contributed by atoms with E-state index in [1.54, 1.807) is 0 Å². The van der Waals surface area contributed by atoms with Crippen molar-refractivity contribution in [3.8, 4) is 0 Å². The Morgan fingerprint density at radius 2 is 0.765 bits per heavy atom. The van der Waals surface area contributed by atoms with Crippen LogP contribution in [0.2, 0.25) is 0 Å². The molecule has 0 saturated carbocycles. The summed E-state index contributed by atoms with van der Waals surface area (Å²) in [5, 5.41) is 0. The van der Waals surface area contributed by atoms with E-state index >= 15 is 0 Å². The largest absolute Gasteiger partial charge is 0.381 e. The molecule has 0 radical (unpaired) electrons. The van der Waals surface area contributed by atoms with Crippen molar-refractivity contribution in [2.45, 2.75) is 38.5 Å². The molecule has 3 aliphatic rings. The van der Waals surface area contributed by atoms with Crippen molar-refractivity contribution in [1.82, 2.24) is 0 Å². The normalized spacial score (nSPS) is 24.0. The van der Waals surface area contributed by atoms with Gasteiger partial charge in [0.1, 0.15) is 6.79 Å². The van der Waals surface area contributed by atoms with Crippen molar-refractivity contribution < 1.29 is 18.9 Å². The minimum Gasteiger partial charge on any atom is -0.381 e. The lowest BCUT2D eigenvalue weighted by molar-refractivity contribution is 0.0692. The van der Waals surface area contributed by atoms with E-state index in [1.807, 2.05) is 0 Å². The van der Waals surface area contributed by atoms with E-state index in [-0.39, 0.29) is 0 Å². The fourth-order valence-corrected chi connectivity index (χ4v) is 1.67. The van der Waals surface area contributed by atoms with Gasteiger partial charge in [-0.2, -0.15) is 0 Å². The molecule has 4 heteroatoms. The number of ether oxygens (including phenoxy) is 4. The molecular weight excluding hydrogens is 220 g/mol. The summed E-state index contributed by atoms with van der Waals surface area (Å²) in [6.45, 7) is 6.06. The van der Waals surface area contributed by atoms with Crippen LogP contribution in [-0.4, -0.2) is 46.4 Å². The maximum atomic E-state index is 5.07. The van der Waals surface area contributed by atoms with E-state index in [4.69, 9.17) is 18.9 Å². The van der Waals surface area contributed by atoms with E-state index < -0.39 is 0 Å². The maximum absolute atomic E-state index is 5.07. The number of hydrogen-bond acceptors (Lipinski definition) is 4. The predicted octanol–water partition coefficient (Wildman–Crippen LogP) is 2.36. The Morgan fingerprint density at radius 3 is 0.882 bits per heavy atom. The van der Waals surface area contributed by atoms with Crippen LogP contribution in [0.25, 0.3) is 0 Å². The molecule has 3 rings (SSSR count). The molecule has 0 bridgehead atoms. The molecule has 0 amide bonds. The summed E-state index contributed by atoms with van der Waals surface area (Å²) in [5.41, 5.74) is 0. The molecule has 0 aromatic rings. The van der Waals surface area contributed by atoms with E-state index in [9.17, 15) is 0 Å². The molecule has 0 aromatic heterocycles. The quantitative estimate of drug-likeness (QED) is 0.657. The first-order valence-corrected chi connectivity index (χ1v) is 6.81. The van der Waals surface area contributed by atoms with Crippen LogP contribution in [0, 0.1) is 0 Å². The van der Waals surface area contributed by atoms with Crippen molar-refractivity contribution >= 4 is 0 Å². The first-order valence-electron chi connectivity index (χ1n) is 6.81. The van der Waals surface area contributed by atoms with E-state index in [0.717, 1.165) is 39.6 Å². The molecule has 0 atom stereocenters. The molecule has 3 heterocycles. The van der Waals surface area contributed by atoms with Crippen LogP contribution in [0.4, 0.5) is 0 Å². The van der Waals surface area contributed by atoms with Gasteiger partial charge in [0.05, 0.1) is 13.2 Å². The van der Waals surface area contributed by atoms with Crippen molar-refractivity contribution in [3.05, 3.63) is 0 Å². The Hall–Kier alpha value is -0.160. The monoisotopic (exact) mass is 246 g/mol. The van der Waals surface area contributed by atoms with Gasteiger partial charge < -0.3 is 18.9 Å². The Kier molecular flexibility index (Phi) is 10.8. The lowest BCUT2D eigenvalue weighted by Gasteiger charge is -2.08. The second kappa shape index (κ2) is 12.3. The highest BCUT2D eigenvalue weighted by Gasteiger charge is 1.95. The van der Waals surface area contributed by atoms with Gasteiger partial charge in [-0.1, -0.05) is 0 Å². The highest BCUT2D eigenvalue weighted by molar-refractivity contribution is 4.45. The van der Waals surface area contributed by atoms with Crippen LogP contribution in [0.3, 0.4) is 0 Å². The van der Waals surface area contributed by atoms with Crippen molar-refractivity contribution in [2.24, 2.45) is 0 Å². The van der Waals surface area contributed by atoms with Gasteiger partial charge in [-0.25, -0.2) is 0 Å². The summed E-state index contributed by atoms with van der Waals surface area (Å²) < 4.78 is 19.6. The molecule has 17 heavy (non-hydrogen) atoms. The summed E-state index contributed by atoms with van der Waals surface area (Å²) in [5.74, 6) is 0.